The Balaban J connectivity index is 3.93. The van der Waals surface area contributed by atoms with Crippen molar-refractivity contribution in [1.29, 1.82) is 0 Å². The van der Waals surface area contributed by atoms with Gasteiger partial charge in [-0.3, -0.25) is 4.90 Å². The van der Waals surface area contributed by atoms with Crippen LogP contribution in [0.25, 0.3) is 0 Å². The van der Waals surface area contributed by atoms with Crippen molar-refractivity contribution in [3.05, 3.63) is 0 Å². The van der Waals surface area contributed by atoms with Crippen molar-refractivity contribution in [2.75, 3.05) is 47.1 Å². The van der Waals surface area contributed by atoms with Crippen molar-refractivity contribution in [3.8, 4) is 0 Å². The van der Waals surface area contributed by atoms with Gasteiger partial charge in [-0.15, -0.1) is 0 Å². The highest BCUT2D eigenvalue weighted by molar-refractivity contribution is 4.71. The van der Waals surface area contributed by atoms with Crippen molar-refractivity contribution in [2.45, 2.75) is 44.9 Å². The Bertz CT molecular complexity index is 208. The topological polar surface area (TPSA) is 85.8 Å². The Hall–Kier alpha value is -0.240. The number of rotatable bonds is 14. The third-order valence-electron chi connectivity index (χ3n) is 3.20. The van der Waals surface area contributed by atoms with Crippen LogP contribution < -0.4 is 16.8 Å². The van der Waals surface area contributed by atoms with Crippen LogP contribution in [0.15, 0.2) is 0 Å². The predicted molar refractivity (Wildman–Crippen MR) is 83.4 cm³/mol. The molecule has 5 N–H and O–H groups in total. The van der Waals surface area contributed by atoms with E-state index in [1.54, 1.807) is 14.2 Å². The van der Waals surface area contributed by atoms with Crippen LogP contribution in [0.4, 0.5) is 0 Å². The van der Waals surface area contributed by atoms with Crippen molar-refractivity contribution >= 4 is 0 Å². The molecule has 2 atom stereocenters. The van der Waals surface area contributed by atoms with Gasteiger partial charge in [-0.2, -0.15) is 0 Å². The van der Waals surface area contributed by atoms with Crippen LogP contribution in [0.1, 0.15) is 32.6 Å². The molecule has 0 aromatic rings. The van der Waals surface area contributed by atoms with Crippen molar-refractivity contribution in [3.63, 3.8) is 0 Å². The van der Waals surface area contributed by atoms with E-state index in [0.29, 0.717) is 0 Å². The highest BCUT2D eigenvalue weighted by atomic mass is 16.5. The quantitative estimate of drug-likeness (QED) is 0.315. The number of nitrogens with two attached hydrogens (primary N) is 2. The molecule has 0 saturated heterocycles. The van der Waals surface area contributed by atoms with Crippen molar-refractivity contribution in [2.24, 2.45) is 11.5 Å². The van der Waals surface area contributed by atoms with Gasteiger partial charge in [-0.05, 0) is 32.4 Å². The predicted octanol–water partition coefficient (Wildman–Crippen LogP) is 0.321. The monoisotopic (exact) mass is 290 g/mol. The van der Waals surface area contributed by atoms with Crippen molar-refractivity contribution < 1.29 is 9.47 Å². The number of hydrogen-bond donors (Lipinski definition) is 3. The zero-order chi connectivity index (χ0) is 15.2. The second kappa shape index (κ2) is 13.7. The Kier molecular flexibility index (Phi) is 13.6. The van der Waals surface area contributed by atoms with Gasteiger partial charge in [0.25, 0.3) is 0 Å². The molecular weight excluding hydrogens is 256 g/mol. The minimum absolute atomic E-state index is 0.00303. The van der Waals surface area contributed by atoms with E-state index in [-0.39, 0.29) is 12.3 Å². The second-order valence-electron chi connectivity index (χ2n) is 5.09. The first-order chi connectivity index (χ1) is 9.65. The fraction of sp³-hybridized carbons (Fsp3) is 1.00. The normalized spacial score (nSPS) is 14.7. The number of hydrogen-bond acceptors (Lipinski definition) is 6. The summed E-state index contributed by atoms with van der Waals surface area (Å²) in [5.41, 5.74) is 12.3. The zero-order valence-electron chi connectivity index (χ0n) is 13.4. The largest absolute Gasteiger partial charge is 0.385 e. The van der Waals surface area contributed by atoms with Crippen LogP contribution in [-0.2, 0) is 9.47 Å². The van der Waals surface area contributed by atoms with Crippen molar-refractivity contribution in [1.82, 2.24) is 10.2 Å². The van der Waals surface area contributed by atoms with Crippen LogP contribution in [-0.4, -0.2) is 64.3 Å². The van der Waals surface area contributed by atoms with E-state index in [2.05, 4.69) is 17.1 Å². The molecule has 0 aliphatic heterocycles. The second-order valence-corrected chi connectivity index (χ2v) is 5.09. The number of methoxy groups -OCH3 is 2. The molecule has 2 unspecified atom stereocenters. The molecule has 6 heteroatoms. The Morgan fingerprint density at radius 2 is 1.70 bits per heavy atom. The molecule has 0 fully saturated rings. The standard InChI is InChI=1S/C14H34N4O2/c1-4-8-18(9-6-11-20-3)14(16)12-13(15)17-7-5-10-19-2/h13-14,17H,4-12,15-16H2,1-3H3. The molecule has 0 bridgehead atoms. The van der Waals surface area contributed by atoms with E-state index in [4.69, 9.17) is 20.9 Å². The summed E-state index contributed by atoms with van der Waals surface area (Å²) in [6, 6.07) is 0. The summed E-state index contributed by atoms with van der Waals surface area (Å²) in [5.74, 6) is 0. The summed E-state index contributed by atoms with van der Waals surface area (Å²) >= 11 is 0. The average Bonchev–Trinajstić information content (AvgIpc) is 2.43. The Labute approximate surface area is 124 Å². The third-order valence-corrected chi connectivity index (χ3v) is 3.20. The lowest BCUT2D eigenvalue weighted by atomic mass is 10.2. The fourth-order valence-corrected chi connectivity index (χ4v) is 2.14. The smallest absolute Gasteiger partial charge is 0.0599 e. The average molecular weight is 290 g/mol. The van der Waals surface area contributed by atoms with Crippen LogP contribution in [0, 0.1) is 0 Å². The van der Waals surface area contributed by atoms with Gasteiger partial charge in [0.1, 0.15) is 0 Å². The Morgan fingerprint density at radius 3 is 2.30 bits per heavy atom. The molecule has 0 amide bonds. The molecule has 0 rings (SSSR count). The van der Waals surface area contributed by atoms with E-state index < -0.39 is 0 Å². The van der Waals surface area contributed by atoms with Crippen LogP contribution in [0.3, 0.4) is 0 Å². The molecule has 0 saturated carbocycles. The minimum atomic E-state index is -0.0661. The first-order valence-corrected chi connectivity index (χ1v) is 7.62. The molecule has 6 nitrogen and oxygen atoms in total. The van der Waals surface area contributed by atoms with Gasteiger partial charge in [-0.25, -0.2) is 0 Å². The molecular formula is C14H34N4O2. The van der Waals surface area contributed by atoms with E-state index in [1.165, 1.54) is 0 Å². The number of nitrogens with one attached hydrogen (secondary N) is 1. The third kappa shape index (κ3) is 10.5. The van der Waals surface area contributed by atoms with Gasteiger partial charge in [0.05, 0.1) is 12.3 Å². The molecule has 0 heterocycles. The van der Waals surface area contributed by atoms with Crippen LogP contribution in [0.5, 0.6) is 0 Å². The first-order valence-electron chi connectivity index (χ1n) is 7.62. The minimum Gasteiger partial charge on any atom is -0.385 e. The molecule has 20 heavy (non-hydrogen) atoms. The highest BCUT2D eigenvalue weighted by Gasteiger charge is 2.16. The lowest BCUT2D eigenvalue weighted by Gasteiger charge is -2.30. The summed E-state index contributed by atoms with van der Waals surface area (Å²) in [7, 11) is 3.43. The summed E-state index contributed by atoms with van der Waals surface area (Å²) in [6.45, 7) is 6.51. The van der Waals surface area contributed by atoms with Gasteiger partial charge in [0.15, 0.2) is 0 Å². The molecule has 0 aliphatic rings. The molecule has 0 radical (unpaired) electrons. The molecule has 0 aliphatic carbocycles. The number of nitrogens with zero attached hydrogens (tertiary/aromatic N) is 1. The molecule has 0 aromatic carbocycles. The molecule has 122 valence electrons. The van der Waals surface area contributed by atoms with Gasteiger partial charge in [0.2, 0.25) is 0 Å². The van der Waals surface area contributed by atoms with Crippen LogP contribution >= 0.6 is 0 Å². The summed E-state index contributed by atoms with van der Waals surface area (Å²) in [6.07, 6.45) is 3.74. The van der Waals surface area contributed by atoms with Gasteiger partial charge in [-0.1, -0.05) is 6.92 Å². The molecule has 0 spiro atoms. The van der Waals surface area contributed by atoms with Crippen LogP contribution in [0.2, 0.25) is 0 Å². The van der Waals surface area contributed by atoms with E-state index in [1.807, 2.05) is 0 Å². The number of ether oxygens (including phenoxy) is 2. The fourth-order valence-electron chi connectivity index (χ4n) is 2.14. The summed E-state index contributed by atoms with van der Waals surface area (Å²) < 4.78 is 10.1. The SMILES string of the molecule is CCCN(CCCOC)C(N)CC(N)NCCCOC. The molecule has 0 aromatic heterocycles. The summed E-state index contributed by atoms with van der Waals surface area (Å²) in [4.78, 5) is 2.29. The van der Waals surface area contributed by atoms with E-state index >= 15 is 0 Å². The lowest BCUT2D eigenvalue weighted by molar-refractivity contribution is 0.140. The van der Waals surface area contributed by atoms with Gasteiger partial charge >= 0.3 is 0 Å². The Morgan fingerprint density at radius 1 is 1.05 bits per heavy atom. The first kappa shape index (κ1) is 19.8. The maximum absolute atomic E-state index is 6.26. The van der Waals surface area contributed by atoms with E-state index in [9.17, 15) is 0 Å². The zero-order valence-corrected chi connectivity index (χ0v) is 13.4. The maximum atomic E-state index is 6.26. The maximum Gasteiger partial charge on any atom is 0.0599 e. The van der Waals surface area contributed by atoms with Gasteiger partial charge < -0.3 is 26.3 Å². The van der Waals surface area contributed by atoms with Gasteiger partial charge in [0, 0.05) is 40.4 Å². The highest BCUT2D eigenvalue weighted by Crippen LogP contribution is 2.03. The lowest BCUT2D eigenvalue weighted by Crippen LogP contribution is -2.50. The summed E-state index contributed by atoms with van der Waals surface area (Å²) in [5, 5.41) is 3.28. The van der Waals surface area contributed by atoms with E-state index in [0.717, 1.165) is 58.5 Å².